The van der Waals surface area contributed by atoms with E-state index in [9.17, 15) is 9.59 Å². The van der Waals surface area contributed by atoms with Gasteiger partial charge in [-0.15, -0.1) is 0 Å². The summed E-state index contributed by atoms with van der Waals surface area (Å²) < 4.78 is 0. The summed E-state index contributed by atoms with van der Waals surface area (Å²) in [6.45, 7) is 3.97. The summed E-state index contributed by atoms with van der Waals surface area (Å²) in [4.78, 5) is 26.4. The highest BCUT2D eigenvalue weighted by atomic mass is 16.2. The second-order valence-corrected chi connectivity index (χ2v) is 6.86. The molecule has 0 bridgehead atoms. The highest BCUT2D eigenvalue weighted by Crippen LogP contribution is 2.23. The van der Waals surface area contributed by atoms with Crippen molar-refractivity contribution in [2.75, 3.05) is 18.9 Å². The predicted octanol–water partition coefficient (Wildman–Crippen LogP) is 3.50. The van der Waals surface area contributed by atoms with E-state index in [2.05, 4.69) is 5.32 Å². The summed E-state index contributed by atoms with van der Waals surface area (Å²) in [6, 6.07) is 11.8. The van der Waals surface area contributed by atoms with Gasteiger partial charge in [-0.05, 0) is 73.6 Å². The molecule has 0 saturated heterocycles. The molecule has 4 heteroatoms. The SMILES string of the molecule is Cc1ccc(C)c(NC(=O)CN(C)C(=O)c2ccc3c(c2)CCC3)c1. The summed E-state index contributed by atoms with van der Waals surface area (Å²) >= 11 is 0. The van der Waals surface area contributed by atoms with Gasteiger partial charge in [0, 0.05) is 18.3 Å². The maximum atomic E-state index is 12.6. The molecular formula is C21H24N2O2. The second-order valence-electron chi connectivity index (χ2n) is 6.86. The van der Waals surface area contributed by atoms with Gasteiger partial charge in [-0.2, -0.15) is 0 Å². The number of nitrogens with one attached hydrogen (secondary N) is 1. The minimum Gasteiger partial charge on any atom is -0.332 e. The van der Waals surface area contributed by atoms with E-state index in [4.69, 9.17) is 0 Å². The molecule has 2 aromatic carbocycles. The van der Waals surface area contributed by atoms with Gasteiger partial charge >= 0.3 is 0 Å². The van der Waals surface area contributed by atoms with Gasteiger partial charge in [-0.25, -0.2) is 0 Å². The Balaban J connectivity index is 1.65. The molecule has 2 amide bonds. The van der Waals surface area contributed by atoms with Crippen LogP contribution in [0.5, 0.6) is 0 Å². The van der Waals surface area contributed by atoms with E-state index in [1.165, 1.54) is 16.0 Å². The molecule has 0 aliphatic heterocycles. The van der Waals surface area contributed by atoms with Gasteiger partial charge in [-0.1, -0.05) is 18.2 Å². The van der Waals surface area contributed by atoms with Gasteiger partial charge in [-0.3, -0.25) is 9.59 Å². The molecule has 0 unspecified atom stereocenters. The molecular weight excluding hydrogens is 312 g/mol. The van der Waals surface area contributed by atoms with Crippen molar-refractivity contribution >= 4 is 17.5 Å². The fourth-order valence-corrected chi connectivity index (χ4v) is 3.27. The summed E-state index contributed by atoms with van der Waals surface area (Å²) in [7, 11) is 1.66. The third-order valence-electron chi connectivity index (χ3n) is 4.74. The van der Waals surface area contributed by atoms with Crippen molar-refractivity contribution in [2.24, 2.45) is 0 Å². The molecule has 1 N–H and O–H groups in total. The number of hydrogen-bond acceptors (Lipinski definition) is 2. The number of nitrogens with zero attached hydrogens (tertiary/aromatic N) is 1. The zero-order chi connectivity index (χ0) is 18.0. The number of aryl methyl sites for hydroxylation is 4. The molecule has 130 valence electrons. The van der Waals surface area contributed by atoms with Crippen LogP contribution >= 0.6 is 0 Å². The van der Waals surface area contributed by atoms with Crippen LogP contribution in [0.4, 0.5) is 5.69 Å². The topological polar surface area (TPSA) is 49.4 Å². The minimum atomic E-state index is -0.189. The summed E-state index contributed by atoms with van der Waals surface area (Å²) in [5.41, 5.74) is 6.15. The molecule has 3 rings (SSSR count). The molecule has 1 aliphatic rings. The fraction of sp³-hybridized carbons (Fsp3) is 0.333. The second kappa shape index (κ2) is 7.09. The Kier molecular flexibility index (Phi) is 4.88. The average Bonchev–Trinajstić information content (AvgIpc) is 3.05. The van der Waals surface area contributed by atoms with Crippen molar-refractivity contribution in [3.8, 4) is 0 Å². The zero-order valence-corrected chi connectivity index (χ0v) is 15.1. The van der Waals surface area contributed by atoms with E-state index in [0.29, 0.717) is 5.56 Å². The molecule has 4 nitrogen and oxygen atoms in total. The molecule has 25 heavy (non-hydrogen) atoms. The quantitative estimate of drug-likeness (QED) is 0.929. The smallest absolute Gasteiger partial charge is 0.254 e. The van der Waals surface area contributed by atoms with Crippen LogP contribution in [-0.4, -0.2) is 30.3 Å². The largest absolute Gasteiger partial charge is 0.332 e. The lowest BCUT2D eigenvalue weighted by atomic mass is 10.1. The molecule has 0 fully saturated rings. The Hall–Kier alpha value is -2.62. The van der Waals surface area contributed by atoms with Crippen molar-refractivity contribution in [1.82, 2.24) is 4.90 Å². The van der Waals surface area contributed by atoms with E-state index < -0.39 is 0 Å². The first-order valence-corrected chi connectivity index (χ1v) is 8.68. The number of carbonyl (C=O) groups excluding carboxylic acids is 2. The van der Waals surface area contributed by atoms with E-state index in [0.717, 1.165) is 36.1 Å². The molecule has 1 aliphatic carbocycles. The number of benzene rings is 2. The van der Waals surface area contributed by atoms with Crippen LogP contribution in [-0.2, 0) is 17.6 Å². The van der Waals surface area contributed by atoms with Crippen LogP contribution < -0.4 is 5.32 Å². The zero-order valence-electron chi connectivity index (χ0n) is 15.1. The van der Waals surface area contributed by atoms with Gasteiger partial charge in [0.15, 0.2) is 0 Å². The number of hydrogen-bond donors (Lipinski definition) is 1. The van der Waals surface area contributed by atoms with Crippen molar-refractivity contribution in [3.63, 3.8) is 0 Å². The highest BCUT2D eigenvalue weighted by molar-refractivity contribution is 5.99. The third-order valence-corrected chi connectivity index (χ3v) is 4.74. The third kappa shape index (κ3) is 3.90. The maximum Gasteiger partial charge on any atom is 0.254 e. The Morgan fingerprint density at radius 3 is 2.60 bits per heavy atom. The number of carbonyl (C=O) groups is 2. The number of fused-ring (bicyclic) bond motifs is 1. The molecule has 0 spiro atoms. The van der Waals surface area contributed by atoms with Crippen LogP contribution in [0.2, 0.25) is 0 Å². The van der Waals surface area contributed by atoms with Crippen LogP contribution in [0.25, 0.3) is 0 Å². The number of anilines is 1. The molecule has 2 aromatic rings. The molecule has 0 heterocycles. The molecule has 0 aromatic heterocycles. The number of rotatable bonds is 4. The van der Waals surface area contributed by atoms with Crippen molar-refractivity contribution in [1.29, 1.82) is 0 Å². The van der Waals surface area contributed by atoms with E-state index >= 15 is 0 Å². The van der Waals surface area contributed by atoms with Crippen LogP contribution in [0.3, 0.4) is 0 Å². The standard InChI is InChI=1S/C21H24N2O2/c1-14-7-8-15(2)19(11-14)22-20(24)13-23(3)21(25)18-10-9-16-5-4-6-17(16)12-18/h7-12H,4-6,13H2,1-3H3,(H,22,24). The maximum absolute atomic E-state index is 12.6. The Morgan fingerprint density at radius 1 is 1.04 bits per heavy atom. The normalized spacial score (nSPS) is 12.6. The van der Waals surface area contributed by atoms with E-state index in [-0.39, 0.29) is 18.4 Å². The van der Waals surface area contributed by atoms with E-state index in [1.807, 2.05) is 50.2 Å². The Labute approximate surface area is 148 Å². The van der Waals surface area contributed by atoms with Crippen LogP contribution in [0.15, 0.2) is 36.4 Å². The lowest BCUT2D eigenvalue weighted by Gasteiger charge is -2.18. The van der Waals surface area contributed by atoms with Gasteiger partial charge in [0.1, 0.15) is 0 Å². The monoisotopic (exact) mass is 336 g/mol. The number of amides is 2. The summed E-state index contributed by atoms with van der Waals surface area (Å²) in [6.07, 6.45) is 3.28. The first-order valence-electron chi connectivity index (χ1n) is 8.68. The van der Waals surface area contributed by atoms with Crippen molar-refractivity contribution in [3.05, 3.63) is 64.2 Å². The summed E-state index contributed by atoms with van der Waals surface area (Å²) in [5.74, 6) is -0.309. The molecule has 0 radical (unpaired) electrons. The molecule has 0 atom stereocenters. The van der Waals surface area contributed by atoms with Crippen molar-refractivity contribution < 1.29 is 9.59 Å². The van der Waals surface area contributed by atoms with Gasteiger partial charge < -0.3 is 10.2 Å². The fourth-order valence-electron chi connectivity index (χ4n) is 3.27. The first-order chi connectivity index (χ1) is 11.9. The average molecular weight is 336 g/mol. The molecule has 0 saturated carbocycles. The highest BCUT2D eigenvalue weighted by Gasteiger charge is 2.18. The summed E-state index contributed by atoms with van der Waals surface area (Å²) in [5, 5.41) is 2.90. The van der Waals surface area contributed by atoms with Gasteiger partial charge in [0.25, 0.3) is 5.91 Å². The lowest BCUT2D eigenvalue weighted by molar-refractivity contribution is -0.116. The van der Waals surface area contributed by atoms with Crippen LogP contribution in [0, 0.1) is 13.8 Å². The number of likely N-dealkylation sites (N-methyl/N-ethyl adjacent to an activating group) is 1. The van der Waals surface area contributed by atoms with Crippen LogP contribution in [0.1, 0.15) is 39.0 Å². The lowest BCUT2D eigenvalue weighted by Crippen LogP contribution is -2.35. The first kappa shape index (κ1) is 17.2. The minimum absolute atomic E-state index is 0.0311. The van der Waals surface area contributed by atoms with E-state index in [1.54, 1.807) is 7.05 Å². The van der Waals surface area contributed by atoms with Crippen molar-refractivity contribution in [2.45, 2.75) is 33.1 Å². The van der Waals surface area contributed by atoms with Gasteiger partial charge in [0.05, 0.1) is 6.54 Å². The predicted molar refractivity (Wildman–Crippen MR) is 100.0 cm³/mol. The Bertz CT molecular complexity index is 827. The van der Waals surface area contributed by atoms with Gasteiger partial charge in [0.2, 0.25) is 5.91 Å². The Morgan fingerprint density at radius 2 is 1.80 bits per heavy atom.